The second kappa shape index (κ2) is 6.46. The van der Waals surface area contributed by atoms with E-state index in [1.807, 2.05) is 0 Å². The number of thiophene rings is 1. The number of ether oxygens (including phenoxy) is 1. The summed E-state index contributed by atoms with van der Waals surface area (Å²) in [5.41, 5.74) is 1.20. The van der Waals surface area contributed by atoms with Gasteiger partial charge in [-0.15, -0.1) is 0 Å². The molecular formula is C16H24N2O2S. The Morgan fingerprint density at radius 2 is 2.33 bits per heavy atom. The molecule has 1 saturated carbocycles. The summed E-state index contributed by atoms with van der Waals surface area (Å²) in [4.78, 5) is 14.9. The second-order valence-electron chi connectivity index (χ2n) is 5.99. The fraction of sp³-hybridized carbons (Fsp3) is 0.688. The third-order valence-electron chi connectivity index (χ3n) is 4.70. The fourth-order valence-electron chi connectivity index (χ4n) is 3.69. The first kappa shape index (κ1) is 15.0. The van der Waals surface area contributed by atoms with Crippen LogP contribution in [0.3, 0.4) is 0 Å². The molecule has 4 nitrogen and oxygen atoms in total. The molecule has 4 atom stereocenters. The highest BCUT2D eigenvalue weighted by molar-refractivity contribution is 7.07. The van der Waals surface area contributed by atoms with E-state index in [1.165, 1.54) is 5.56 Å². The number of methoxy groups -OCH3 is 1. The zero-order valence-electron chi connectivity index (χ0n) is 12.7. The molecule has 0 bridgehead atoms. The predicted octanol–water partition coefficient (Wildman–Crippen LogP) is 2.91. The van der Waals surface area contributed by atoms with Gasteiger partial charge in [-0.2, -0.15) is 11.3 Å². The average molecular weight is 308 g/mol. The summed E-state index contributed by atoms with van der Waals surface area (Å²) in [6.07, 6.45) is 5.36. The molecule has 4 unspecified atom stereocenters. The van der Waals surface area contributed by atoms with E-state index in [-0.39, 0.29) is 30.3 Å². The molecule has 0 radical (unpaired) electrons. The Morgan fingerprint density at radius 1 is 1.48 bits per heavy atom. The number of rotatable bonds is 5. The van der Waals surface area contributed by atoms with Crippen LogP contribution < -0.4 is 5.32 Å². The highest BCUT2D eigenvalue weighted by Gasteiger charge is 2.46. The zero-order chi connectivity index (χ0) is 14.8. The van der Waals surface area contributed by atoms with Gasteiger partial charge in [-0.1, -0.05) is 13.3 Å². The van der Waals surface area contributed by atoms with Crippen LogP contribution in [0.25, 0.3) is 0 Å². The molecule has 1 aliphatic carbocycles. The minimum Gasteiger partial charge on any atom is -0.379 e. The van der Waals surface area contributed by atoms with Gasteiger partial charge in [-0.25, -0.2) is 0 Å². The summed E-state index contributed by atoms with van der Waals surface area (Å²) < 4.78 is 5.63. The van der Waals surface area contributed by atoms with Crippen molar-refractivity contribution in [2.75, 3.05) is 7.11 Å². The van der Waals surface area contributed by atoms with E-state index in [1.54, 1.807) is 18.4 Å². The lowest BCUT2D eigenvalue weighted by atomic mass is 10.1. The molecule has 1 aliphatic heterocycles. The zero-order valence-corrected chi connectivity index (χ0v) is 13.6. The monoisotopic (exact) mass is 308 g/mol. The Kier molecular flexibility index (Phi) is 4.62. The van der Waals surface area contributed by atoms with Crippen LogP contribution in [-0.4, -0.2) is 36.1 Å². The van der Waals surface area contributed by atoms with Gasteiger partial charge in [0.1, 0.15) is 6.17 Å². The minimum absolute atomic E-state index is 0.0149. The van der Waals surface area contributed by atoms with Crippen LogP contribution in [0.1, 0.15) is 50.8 Å². The molecule has 2 aliphatic rings. The predicted molar refractivity (Wildman–Crippen MR) is 84.2 cm³/mol. The van der Waals surface area contributed by atoms with E-state index in [0.29, 0.717) is 0 Å². The van der Waals surface area contributed by atoms with Crippen LogP contribution in [-0.2, 0) is 9.53 Å². The van der Waals surface area contributed by atoms with Crippen molar-refractivity contribution in [1.29, 1.82) is 0 Å². The molecule has 0 spiro atoms. The van der Waals surface area contributed by atoms with Crippen LogP contribution in [0.2, 0.25) is 0 Å². The Labute approximate surface area is 130 Å². The number of hydrogen-bond donors (Lipinski definition) is 1. The average Bonchev–Trinajstić information content (AvgIpc) is 3.19. The molecule has 5 heteroatoms. The first-order valence-corrected chi connectivity index (χ1v) is 8.83. The van der Waals surface area contributed by atoms with Gasteiger partial charge in [0.25, 0.3) is 0 Å². The third kappa shape index (κ3) is 2.74. The molecule has 1 aromatic rings. The maximum Gasteiger partial charge on any atom is 0.241 e. The third-order valence-corrected chi connectivity index (χ3v) is 5.41. The lowest BCUT2D eigenvalue weighted by molar-refractivity contribution is -0.135. The summed E-state index contributed by atoms with van der Waals surface area (Å²) in [5.74, 6) is 0.252. The molecule has 1 aromatic heterocycles. The lowest BCUT2D eigenvalue weighted by Crippen LogP contribution is -2.44. The normalized spacial score (nSPS) is 33.0. The SMILES string of the molecule is CCCC1NC(c2ccsc2)N(C2CCCC2OC)C1=O. The van der Waals surface area contributed by atoms with Gasteiger partial charge in [0.2, 0.25) is 5.91 Å². The van der Waals surface area contributed by atoms with E-state index in [0.717, 1.165) is 32.1 Å². The smallest absolute Gasteiger partial charge is 0.241 e. The molecule has 3 rings (SSSR count). The molecule has 116 valence electrons. The van der Waals surface area contributed by atoms with Gasteiger partial charge in [-0.3, -0.25) is 10.1 Å². The van der Waals surface area contributed by atoms with Gasteiger partial charge < -0.3 is 9.64 Å². The van der Waals surface area contributed by atoms with Crippen LogP contribution >= 0.6 is 11.3 Å². The highest BCUT2D eigenvalue weighted by atomic mass is 32.1. The van der Waals surface area contributed by atoms with Gasteiger partial charge >= 0.3 is 0 Å². The first-order valence-electron chi connectivity index (χ1n) is 7.89. The first-order chi connectivity index (χ1) is 10.3. The van der Waals surface area contributed by atoms with Crippen LogP contribution in [0.5, 0.6) is 0 Å². The van der Waals surface area contributed by atoms with Crippen molar-refractivity contribution in [2.24, 2.45) is 0 Å². The van der Waals surface area contributed by atoms with Crippen molar-refractivity contribution in [3.63, 3.8) is 0 Å². The van der Waals surface area contributed by atoms with E-state index in [2.05, 4.69) is 34.0 Å². The van der Waals surface area contributed by atoms with E-state index >= 15 is 0 Å². The molecule has 1 N–H and O–H groups in total. The van der Waals surface area contributed by atoms with Crippen molar-refractivity contribution in [1.82, 2.24) is 10.2 Å². The maximum atomic E-state index is 12.9. The Morgan fingerprint density at radius 3 is 3.00 bits per heavy atom. The van der Waals surface area contributed by atoms with E-state index in [4.69, 9.17) is 4.74 Å². The maximum absolute atomic E-state index is 12.9. The van der Waals surface area contributed by atoms with Crippen molar-refractivity contribution >= 4 is 17.2 Å². The van der Waals surface area contributed by atoms with Crippen LogP contribution in [0, 0.1) is 0 Å². The number of hydrogen-bond acceptors (Lipinski definition) is 4. The van der Waals surface area contributed by atoms with Crippen molar-refractivity contribution in [2.45, 2.75) is 63.4 Å². The summed E-state index contributed by atoms with van der Waals surface area (Å²) >= 11 is 1.68. The van der Waals surface area contributed by atoms with Crippen LogP contribution in [0.4, 0.5) is 0 Å². The molecule has 1 amide bonds. The second-order valence-corrected chi connectivity index (χ2v) is 6.77. The topological polar surface area (TPSA) is 41.6 Å². The molecule has 1 saturated heterocycles. The summed E-state index contributed by atoms with van der Waals surface area (Å²) in [6, 6.07) is 2.29. The number of amides is 1. The standard InChI is InChI=1S/C16H24N2O2S/c1-3-5-12-16(19)18(13-6-4-7-14(13)20-2)15(17-12)11-8-9-21-10-11/h8-10,12-15,17H,3-7H2,1-2H3. The van der Waals surface area contributed by atoms with E-state index in [9.17, 15) is 4.79 Å². The highest BCUT2D eigenvalue weighted by Crippen LogP contribution is 2.36. The number of nitrogens with one attached hydrogen (secondary N) is 1. The Bertz CT molecular complexity index is 477. The Balaban J connectivity index is 1.87. The molecule has 0 aromatic carbocycles. The van der Waals surface area contributed by atoms with Crippen molar-refractivity contribution in [3.8, 4) is 0 Å². The van der Waals surface area contributed by atoms with Gasteiger partial charge in [0.15, 0.2) is 0 Å². The lowest BCUT2D eigenvalue weighted by Gasteiger charge is -2.33. The Hall–Kier alpha value is -0.910. The quantitative estimate of drug-likeness (QED) is 0.909. The molecule has 21 heavy (non-hydrogen) atoms. The molecule has 2 heterocycles. The van der Waals surface area contributed by atoms with Crippen molar-refractivity contribution in [3.05, 3.63) is 22.4 Å². The summed E-state index contributed by atoms with van der Waals surface area (Å²) in [6.45, 7) is 2.13. The number of carbonyl (C=O) groups excluding carboxylic acids is 1. The number of carbonyl (C=O) groups is 1. The fourth-order valence-corrected chi connectivity index (χ4v) is 4.37. The largest absolute Gasteiger partial charge is 0.379 e. The van der Waals surface area contributed by atoms with Gasteiger partial charge in [-0.05, 0) is 48.1 Å². The number of nitrogens with zero attached hydrogens (tertiary/aromatic N) is 1. The van der Waals surface area contributed by atoms with Crippen LogP contribution in [0.15, 0.2) is 16.8 Å². The molecular weight excluding hydrogens is 284 g/mol. The minimum atomic E-state index is -0.0435. The van der Waals surface area contributed by atoms with E-state index < -0.39 is 0 Å². The summed E-state index contributed by atoms with van der Waals surface area (Å²) in [5, 5.41) is 7.76. The van der Waals surface area contributed by atoms with Gasteiger partial charge in [0.05, 0.1) is 18.2 Å². The van der Waals surface area contributed by atoms with Gasteiger partial charge in [0, 0.05) is 7.11 Å². The molecule has 2 fully saturated rings. The van der Waals surface area contributed by atoms with Crippen molar-refractivity contribution < 1.29 is 9.53 Å². The summed E-state index contributed by atoms with van der Waals surface area (Å²) in [7, 11) is 1.76.